The number of hydrogen-bond acceptors (Lipinski definition) is 2. The van der Waals surface area contributed by atoms with Crippen LogP contribution in [0.15, 0.2) is 60.7 Å². The van der Waals surface area contributed by atoms with Gasteiger partial charge in [0.05, 0.1) is 12.6 Å². The van der Waals surface area contributed by atoms with E-state index < -0.39 is 6.10 Å². The number of halogens is 1. The maximum atomic E-state index is 13.4. The van der Waals surface area contributed by atoms with Crippen molar-refractivity contribution in [1.29, 1.82) is 0 Å². The Bertz CT molecular complexity index is 815. The van der Waals surface area contributed by atoms with Crippen molar-refractivity contribution in [2.75, 3.05) is 13.2 Å². The van der Waals surface area contributed by atoms with E-state index in [1.54, 1.807) is 12.1 Å². The molecule has 0 bridgehead atoms. The number of rotatable bonds is 2. The van der Waals surface area contributed by atoms with Gasteiger partial charge in [-0.25, -0.2) is 4.39 Å². The summed E-state index contributed by atoms with van der Waals surface area (Å²) < 4.78 is 19.0. The number of nitrogens with zero attached hydrogens (tertiary/aromatic N) is 1. The van der Waals surface area contributed by atoms with Gasteiger partial charge in [0.15, 0.2) is 0 Å². The molecule has 128 valence electrons. The van der Waals surface area contributed by atoms with Crippen molar-refractivity contribution >= 4 is 5.91 Å². The lowest BCUT2D eigenvalue weighted by molar-refractivity contribution is -0.143. The van der Waals surface area contributed by atoms with Gasteiger partial charge in [0.25, 0.3) is 5.91 Å². The SMILES string of the molecule is C=C1CO[C@@H](C(=O)N2CCc3ccccc3[C@@H]2c2ccc(F)cc2)C1. The fourth-order valence-electron chi connectivity index (χ4n) is 3.75. The molecule has 4 rings (SSSR count). The zero-order chi connectivity index (χ0) is 17.4. The van der Waals surface area contributed by atoms with Crippen LogP contribution in [0.25, 0.3) is 0 Å². The van der Waals surface area contributed by atoms with Gasteiger partial charge in [-0.1, -0.05) is 43.0 Å². The summed E-state index contributed by atoms with van der Waals surface area (Å²) in [5.41, 5.74) is 4.20. The van der Waals surface area contributed by atoms with Crippen LogP contribution in [-0.2, 0) is 16.0 Å². The summed E-state index contributed by atoms with van der Waals surface area (Å²) in [7, 11) is 0. The monoisotopic (exact) mass is 337 g/mol. The van der Waals surface area contributed by atoms with Crippen molar-refractivity contribution in [3.8, 4) is 0 Å². The van der Waals surface area contributed by atoms with Crippen LogP contribution >= 0.6 is 0 Å². The second-order valence-electron chi connectivity index (χ2n) is 6.69. The molecule has 1 fully saturated rings. The number of hydrogen-bond donors (Lipinski definition) is 0. The molecule has 4 heteroatoms. The number of carbonyl (C=O) groups excluding carboxylic acids is 1. The molecule has 0 spiro atoms. The van der Waals surface area contributed by atoms with Crippen molar-refractivity contribution in [1.82, 2.24) is 4.90 Å². The third kappa shape index (κ3) is 2.98. The number of fused-ring (bicyclic) bond motifs is 1. The molecule has 0 aromatic heterocycles. The highest BCUT2D eigenvalue weighted by molar-refractivity contribution is 5.83. The van der Waals surface area contributed by atoms with Gasteiger partial charge in [0, 0.05) is 13.0 Å². The predicted molar refractivity (Wildman–Crippen MR) is 93.6 cm³/mol. The van der Waals surface area contributed by atoms with Gasteiger partial charge in [0.2, 0.25) is 0 Å². The first-order valence-electron chi connectivity index (χ1n) is 8.55. The lowest BCUT2D eigenvalue weighted by Crippen LogP contribution is -2.45. The van der Waals surface area contributed by atoms with Crippen LogP contribution in [0.3, 0.4) is 0 Å². The molecule has 2 aliphatic rings. The van der Waals surface area contributed by atoms with E-state index in [9.17, 15) is 9.18 Å². The van der Waals surface area contributed by atoms with Crippen molar-refractivity contribution < 1.29 is 13.9 Å². The Labute approximate surface area is 146 Å². The number of benzene rings is 2. The molecule has 0 unspecified atom stereocenters. The van der Waals surface area contributed by atoms with Crippen molar-refractivity contribution in [3.05, 3.63) is 83.2 Å². The van der Waals surface area contributed by atoms with Crippen molar-refractivity contribution in [3.63, 3.8) is 0 Å². The molecule has 3 nitrogen and oxygen atoms in total. The Hall–Kier alpha value is -2.46. The fraction of sp³-hybridized carbons (Fsp3) is 0.286. The average Bonchev–Trinajstić information content (AvgIpc) is 3.07. The molecule has 0 N–H and O–H groups in total. The Morgan fingerprint density at radius 3 is 2.64 bits per heavy atom. The molecule has 1 saturated heterocycles. The van der Waals surface area contributed by atoms with E-state index in [2.05, 4.69) is 18.7 Å². The molecule has 1 amide bonds. The van der Waals surface area contributed by atoms with Gasteiger partial charge in [-0.3, -0.25) is 4.79 Å². The molecule has 0 saturated carbocycles. The van der Waals surface area contributed by atoms with Crippen LogP contribution in [0.4, 0.5) is 4.39 Å². The smallest absolute Gasteiger partial charge is 0.252 e. The summed E-state index contributed by atoms with van der Waals surface area (Å²) in [6.45, 7) is 4.99. The molecule has 2 aliphatic heterocycles. The molecular weight excluding hydrogens is 317 g/mol. The average molecular weight is 337 g/mol. The van der Waals surface area contributed by atoms with Gasteiger partial charge >= 0.3 is 0 Å². The highest BCUT2D eigenvalue weighted by Crippen LogP contribution is 2.36. The molecule has 25 heavy (non-hydrogen) atoms. The first kappa shape index (κ1) is 16.0. The van der Waals surface area contributed by atoms with Crippen LogP contribution in [0.2, 0.25) is 0 Å². The van der Waals surface area contributed by atoms with Crippen LogP contribution in [-0.4, -0.2) is 30.1 Å². The maximum absolute atomic E-state index is 13.4. The molecule has 2 heterocycles. The summed E-state index contributed by atoms with van der Waals surface area (Å²) in [6, 6.07) is 14.4. The van der Waals surface area contributed by atoms with Crippen LogP contribution in [0.1, 0.15) is 29.2 Å². The Balaban J connectivity index is 1.73. The third-order valence-corrected chi connectivity index (χ3v) is 4.99. The van der Waals surface area contributed by atoms with Gasteiger partial charge in [-0.2, -0.15) is 0 Å². The highest BCUT2D eigenvalue weighted by atomic mass is 19.1. The first-order valence-corrected chi connectivity index (χ1v) is 8.55. The van der Waals surface area contributed by atoms with Crippen LogP contribution in [0, 0.1) is 5.82 Å². The van der Waals surface area contributed by atoms with Gasteiger partial charge in [-0.05, 0) is 40.8 Å². The molecular formula is C21H20FNO2. The summed E-state index contributed by atoms with van der Waals surface area (Å²) in [4.78, 5) is 15.0. The summed E-state index contributed by atoms with van der Waals surface area (Å²) in [6.07, 6.45) is 0.932. The number of ether oxygens (including phenoxy) is 1. The standard InChI is InChI=1S/C21H20FNO2/c1-14-12-19(25-13-14)21(24)23-11-10-15-4-2-3-5-18(15)20(23)16-6-8-17(22)9-7-16/h2-9,19-20H,1,10-13H2/t19-,20+/m1/s1. The van der Waals surface area contributed by atoms with Crippen molar-refractivity contribution in [2.24, 2.45) is 0 Å². The van der Waals surface area contributed by atoms with E-state index in [1.165, 1.54) is 17.7 Å². The number of amides is 1. The quantitative estimate of drug-likeness (QED) is 0.783. The van der Waals surface area contributed by atoms with E-state index in [-0.39, 0.29) is 17.8 Å². The molecule has 2 aromatic carbocycles. The van der Waals surface area contributed by atoms with Gasteiger partial charge < -0.3 is 9.64 Å². The van der Waals surface area contributed by atoms with E-state index in [4.69, 9.17) is 4.74 Å². The zero-order valence-corrected chi connectivity index (χ0v) is 14.0. The van der Waals surface area contributed by atoms with Gasteiger partial charge in [0.1, 0.15) is 11.9 Å². The lowest BCUT2D eigenvalue weighted by Gasteiger charge is -2.38. The van der Waals surface area contributed by atoms with Crippen molar-refractivity contribution in [2.45, 2.75) is 25.0 Å². The van der Waals surface area contributed by atoms with Crippen LogP contribution < -0.4 is 0 Å². The Morgan fingerprint density at radius 2 is 1.92 bits per heavy atom. The second-order valence-corrected chi connectivity index (χ2v) is 6.69. The molecule has 0 radical (unpaired) electrons. The normalized spacial score (nSPS) is 22.8. The van der Waals surface area contributed by atoms with E-state index >= 15 is 0 Å². The van der Waals surface area contributed by atoms with E-state index in [0.717, 1.165) is 23.1 Å². The molecule has 0 aliphatic carbocycles. The Morgan fingerprint density at radius 1 is 1.16 bits per heavy atom. The Kier molecular flexibility index (Phi) is 4.14. The second kappa shape index (κ2) is 6.45. The summed E-state index contributed by atoms with van der Waals surface area (Å²) >= 11 is 0. The van der Waals surface area contributed by atoms with E-state index in [0.29, 0.717) is 19.6 Å². The number of carbonyl (C=O) groups is 1. The largest absolute Gasteiger partial charge is 0.364 e. The van der Waals surface area contributed by atoms with Crippen LogP contribution in [0.5, 0.6) is 0 Å². The third-order valence-electron chi connectivity index (χ3n) is 4.99. The maximum Gasteiger partial charge on any atom is 0.252 e. The minimum absolute atomic E-state index is 0.0116. The minimum Gasteiger partial charge on any atom is -0.364 e. The predicted octanol–water partition coefficient (Wildman–Crippen LogP) is 3.64. The lowest BCUT2D eigenvalue weighted by atomic mass is 9.87. The zero-order valence-electron chi connectivity index (χ0n) is 14.0. The first-order chi connectivity index (χ1) is 12.1. The van der Waals surface area contributed by atoms with E-state index in [1.807, 2.05) is 17.0 Å². The molecule has 2 atom stereocenters. The minimum atomic E-state index is -0.458. The highest BCUT2D eigenvalue weighted by Gasteiger charge is 2.37. The fourth-order valence-corrected chi connectivity index (χ4v) is 3.75. The summed E-state index contributed by atoms with van der Waals surface area (Å²) in [5, 5.41) is 0. The van der Waals surface area contributed by atoms with Gasteiger partial charge in [-0.15, -0.1) is 0 Å². The summed E-state index contributed by atoms with van der Waals surface area (Å²) in [5.74, 6) is -0.288. The molecule has 2 aromatic rings. The topological polar surface area (TPSA) is 29.5 Å².